The van der Waals surface area contributed by atoms with E-state index in [1.54, 1.807) is 0 Å². The summed E-state index contributed by atoms with van der Waals surface area (Å²) in [4.78, 5) is 19.5. The molecule has 0 radical (unpaired) electrons. The molecule has 1 N–H and O–H groups in total. The van der Waals surface area contributed by atoms with E-state index < -0.39 is 22.5 Å². The summed E-state index contributed by atoms with van der Waals surface area (Å²) < 4.78 is 26.9. The molecule has 0 aliphatic carbocycles. The molecule has 0 spiro atoms. The molecule has 0 rings (SSSR count). The summed E-state index contributed by atoms with van der Waals surface area (Å²) in [6.07, 6.45) is 0. The van der Waals surface area contributed by atoms with Gasteiger partial charge in [0.1, 0.15) is 0 Å². The topological polar surface area (TPSA) is 119 Å². The molecular weight excluding hydrogens is 315 g/mol. The average Bonchev–Trinajstić information content (AvgIpc) is 1.53. The third-order valence-electron chi connectivity index (χ3n) is 0.488. The van der Waals surface area contributed by atoms with Gasteiger partial charge in [0, 0.05) is 6.92 Å². The van der Waals surface area contributed by atoms with Gasteiger partial charge in [0.25, 0.3) is 0 Å². The van der Waals surface area contributed by atoms with Crippen molar-refractivity contribution in [2.75, 3.05) is 0 Å². The predicted octanol–water partition coefficient (Wildman–Crippen LogP) is -10.3. The van der Waals surface area contributed by atoms with Crippen molar-refractivity contribution in [1.82, 2.24) is 0 Å². The molecule has 0 aliphatic heterocycles. The van der Waals surface area contributed by atoms with Crippen molar-refractivity contribution in [3.63, 3.8) is 0 Å². The first-order chi connectivity index (χ1) is 4.83. The molecule has 0 saturated heterocycles. The van der Waals surface area contributed by atoms with Gasteiger partial charge in [0.2, 0.25) is 0 Å². The Morgan fingerprint density at radius 3 is 1.43 bits per heavy atom. The fourth-order valence-corrected chi connectivity index (χ4v) is 0.980. The molecule has 0 aromatic rings. The third-order valence-corrected chi connectivity index (χ3v) is 1.46. The zero-order valence-corrected chi connectivity index (χ0v) is 19.4. The molecule has 0 aromatic carbocycles. The Labute approximate surface area is 210 Å². The van der Waals surface area contributed by atoms with Crippen LogP contribution in [0.4, 0.5) is 0 Å². The van der Waals surface area contributed by atoms with Crippen LogP contribution in [0.1, 0.15) is 6.92 Å². The molecule has 0 saturated carbocycles. The molecule has 64 valence electrons. The molecule has 7 nitrogen and oxygen atoms in total. The fraction of sp³-hybridized carbons (Fsp3) is 1.00. The molecule has 0 bridgehead atoms. The second-order valence-electron chi connectivity index (χ2n) is 1.53. The number of hydrogen-bond donors (Lipinski definition) is 1. The normalized spacial score (nSPS) is 14.9. The Morgan fingerprint density at radius 1 is 1.07 bits per heavy atom. The molecule has 0 fully saturated rings. The molecule has 0 aliphatic rings. The van der Waals surface area contributed by atoms with Crippen LogP contribution < -0.4 is 164 Å². The van der Waals surface area contributed by atoms with Crippen molar-refractivity contribution in [2.24, 2.45) is 0 Å². The largest absolute Gasteiger partial charge is 1.00 e. The second-order valence-corrected chi connectivity index (χ2v) is 2.79. The zero-order valence-electron chi connectivity index (χ0n) is 8.29. The predicted molar refractivity (Wildman–Crippen MR) is 28.0 cm³/mol. The summed E-state index contributed by atoms with van der Waals surface area (Å²) in [5, 5.41) is 8.64. The van der Waals surface area contributed by atoms with E-state index in [-0.39, 0.29) is 154 Å². The van der Waals surface area contributed by atoms with Gasteiger partial charge in [-0.1, -0.05) is 9.05 Å². The van der Waals surface area contributed by atoms with Crippen LogP contribution in [-0.2, 0) is 18.2 Å². The molecule has 0 amide bonds. The van der Waals surface area contributed by atoms with Crippen molar-refractivity contribution in [3.8, 4) is 0 Å². The first kappa shape index (κ1) is 27.3. The number of rotatable bonds is 4. The summed E-state index contributed by atoms with van der Waals surface area (Å²) in [5.74, 6) is -2.65. The summed E-state index contributed by atoms with van der Waals surface area (Å²) in [5.41, 5.74) is 0. The Balaban J connectivity index is -0.000000167. The van der Waals surface area contributed by atoms with E-state index in [0.29, 0.717) is 0 Å². The van der Waals surface area contributed by atoms with Crippen molar-refractivity contribution < 1.29 is 187 Å². The number of hydrogen-bond acceptors (Lipinski definition) is 7. The molecular formula is C2H4K3O7P2+3. The maximum atomic E-state index is 9.77. The molecule has 12 heteroatoms. The Hall–Kier alpha value is 4.91. The first-order valence-corrected chi connectivity index (χ1v) is 4.42. The van der Waals surface area contributed by atoms with Gasteiger partial charge in [0.15, 0.2) is 0 Å². The van der Waals surface area contributed by atoms with Crippen LogP contribution in [0.15, 0.2) is 0 Å². The standard InChI is InChI=1S/C2H4O7P2.3K/c1-2(3,8-10(4)5)9-11(6)7;;;/h3H,1H3;;;/q;3*+1. The van der Waals surface area contributed by atoms with E-state index in [1.165, 1.54) is 0 Å². The van der Waals surface area contributed by atoms with E-state index in [1.807, 2.05) is 0 Å². The van der Waals surface area contributed by atoms with Gasteiger partial charge in [0.05, 0.1) is 0 Å². The van der Waals surface area contributed by atoms with E-state index in [0.717, 1.165) is 6.92 Å². The van der Waals surface area contributed by atoms with Crippen LogP contribution in [0.5, 0.6) is 0 Å². The van der Waals surface area contributed by atoms with Gasteiger partial charge in [-0.15, -0.1) is 0 Å². The van der Waals surface area contributed by atoms with Crippen molar-refractivity contribution >= 4 is 16.5 Å². The third kappa shape index (κ3) is 19.3. The minimum absolute atomic E-state index is 0. The molecule has 2 atom stereocenters. The van der Waals surface area contributed by atoms with Gasteiger partial charge in [-0.05, 0) is 9.13 Å². The Morgan fingerprint density at radius 2 is 1.29 bits per heavy atom. The van der Waals surface area contributed by atoms with Crippen LogP contribution in [0.2, 0.25) is 0 Å². The summed E-state index contributed by atoms with van der Waals surface area (Å²) in [6, 6.07) is 0. The minimum atomic E-state index is -3.36. The van der Waals surface area contributed by atoms with Crippen LogP contribution >= 0.6 is 16.5 Å². The van der Waals surface area contributed by atoms with Crippen LogP contribution in [0, 0.1) is 0 Å². The van der Waals surface area contributed by atoms with E-state index >= 15 is 0 Å². The molecule has 2 unspecified atom stereocenters. The zero-order chi connectivity index (χ0) is 9.07. The maximum Gasteiger partial charge on any atom is 1.00 e. The maximum absolute atomic E-state index is 9.77. The van der Waals surface area contributed by atoms with Crippen LogP contribution in [-0.4, -0.2) is 11.1 Å². The summed E-state index contributed by atoms with van der Waals surface area (Å²) >= 11 is 0. The van der Waals surface area contributed by atoms with Gasteiger partial charge in [-0.3, -0.25) is 0 Å². The van der Waals surface area contributed by atoms with Crippen LogP contribution in [0.25, 0.3) is 0 Å². The first-order valence-electron chi connectivity index (χ1n) is 2.23. The van der Waals surface area contributed by atoms with E-state index in [2.05, 4.69) is 9.05 Å². The van der Waals surface area contributed by atoms with Gasteiger partial charge < -0.3 is 14.9 Å². The second kappa shape index (κ2) is 14.3. The molecule has 14 heavy (non-hydrogen) atoms. The Kier molecular flexibility index (Phi) is 27.9. The molecule has 0 aromatic heterocycles. The van der Waals surface area contributed by atoms with E-state index in [9.17, 15) is 18.9 Å². The summed E-state index contributed by atoms with van der Waals surface area (Å²) in [6.45, 7) is 0.725. The summed E-state index contributed by atoms with van der Waals surface area (Å²) in [7, 11) is -6.72. The monoisotopic (exact) mass is 319 g/mol. The average molecular weight is 319 g/mol. The SMILES string of the molecule is CC(O)(O[P+](=O)[O-])O[P+](=O)[O-].[K+].[K+].[K+]. The van der Waals surface area contributed by atoms with Gasteiger partial charge >= 0.3 is 177 Å². The van der Waals surface area contributed by atoms with Crippen molar-refractivity contribution in [2.45, 2.75) is 12.9 Å². The minimum Gasteiger partial charge on any atom is -0.566 e. The van der Waals surface area contributed by atoms with E-state index in [4.69, 9.17) is 5.11 Å². The van der Waals surface area contributed by atoms with Crippen molar-refractivity contribution in [3.05, 3.63) is 0 Å². The number of aliphatic hydroxyl groups is 1. The fourth-order valence-electron chi connectivity index (χ4n) is 0.293. The Bertz CT molecular complexity index is 168. The quantitative estimate of drug-likeness (QED) is 0.310. The molecule has 0 heterocycles. The van der Waals surface area contributed by atoms with Gasteiger partial charge in [-0.2, -0.15) is 0 Å². The van der Waals surface area contributed by atoms with Crippen LogP contribution in [0.3, 0.4) is 0 Å². The van der Waals surface area contributed by atoms with Gasteiger partial charge in [-0.25, -0.2) is 0 Å². The smallest absolute Gasteiger partial charge is 0.566 e. The van der Waals surface area contributed by atoms with Crippen molar-refractivity contribution in [1.29, 1.82) is 0 Å².